The van der Waals surface area contributed by atoms with Crippen LogP contribution in [0.3, 0.4) is 0 Å². The quantitative estimate of drug-likeness (QED) is 0.234. The molecule has 0 amide bonds. The Hall–Kier alpha value is -2.81. The highest BCUT2D eigenvalue weighted by atomic mass is 19.1. The van der Waals surface area contributed by atoms with Crippen molar-refractivity contribution in [1.82, 2.24) is 0 Å². The maximum atomic E-state index is 15.2. The van der Waals surface area contributed by atoms with Crippen LogP contribution in [-0.4, -0.2) is 19.5 Å². The van der Waals surface area contributed by atoms with Gasteiger partial charge in [-0.3, -0.25) is 0 Å². The van der Waals surface area contributed by atoms with Gasteiger partial charge in [0, 0.05) is 17.7 Å². The third kappa shape index (κ3) is 7.60. The number of unbranched alkanes of at least 4 members (excludes halogenated alkanes) is 4. The minimum absolute atomic E-state index is 0.0235. The highest BCUT2D eigenvalue weighted by Gasteiger charge is 2.22. The molecule has 0 saturated carbocycles. The molecule has 196 valence electrons. The Bertz CT molecular complexity index is 1210. The van der Waals surface area contributed by atoms with Crippen LogP contribution in [0, 0.1) is 28.9 Å². The molecule has 0 bridgehead atoms. The van der Waals surface area contributed by atoms with Crippen LogP contribution in [0.4, 0.5) is 8.78 Å². The van der Waals surface area contributed by atoms with Crippen LogP contribution in [0.1, 0.15) is 74.1 Å². The number of hydrogen-bond donors (Lipinski definition) is 0. The van der Waals surface area contributed by atoms with Crippen LogP contribution in [0.5, 0.6) is 0 Å². The van der Waals surface area contributed by atoms with E-state index >= 15 is 4.39 Å². The van der Waals surface area contributed by atoms with Gasteiger partial charge in [-0.05, 0) is 59.9 Å². The zero-order chi connectivity index (χ0) is 26.0. The Balaban J connectivity index is 1.26. The van der Waals surface area contributed by atoms with Crippen LogP contribution < -0.4 is 0 Å². The van der Waals surface area contributed by atoms with Gasteiger partial charge in [0.2, 0.25) is 0 Å². The summed E-state index contributed by atoms with van der Waals surface area (Å²) in [5, 5.41) is 10.3. The van der Waals surface area contributed by atoms with Gasteiger partial charge < -0.3 is 9.47 Å². The third-order valence-electron chi connectivity index (χ3n) is 7.36. The molecule has 1 aliphatic rings. The number of nitriles is 1. The van der Waals surface area contributed by atoms with E-state index in [1.807, 2.05) is 36.4 Å². The fourth-order valence-electron chi connectivity index (χ4n) is 5.06. The summed E-state index contributed by atoms with van der Waals surface area (Å²) in [5.74, 6) is -0.252. The van der Waals surface area contributed by atoms with E-state index in [1.54, 1.807) is 6.07 Å². The normalized spacial score (nSPS) is 17.7. The van der Waals surface area contributed by atoms with Gasteiger partial charge >= 0.3 is 0 Å². The van der Waals surface area contributed by atoms with Crippen molar-refractivity contribution in [3.05, 3.63) is 82.4 Å². The van der Waals surface area contributed by atoms with Crippen molar-refractivity contribution in [1.29, 1.82) is 5.26 Å². The first-order valence-electron chi connectivity index (χ1n) is 13.7. The monoisotopic (exact) mass is 505 g/mol. The summed E-state index contributed by atoms with van der Waals surface area (Å²) < 4.78 is 41.0. The SMILES string of the molecule is CCCCCCCC1COC(CCc2ccc3c(F)c(CCc4ccc(C#N)c(F)c4)ccc3c2)OC1. The second-order valence-electron chi connectivity index (χ2n) is 10.2. The molecule has 4 rings (SSSR count). The molecular formula is C32H37F2NO2. The summed E-state index contributed by atoms with van der Waals surface area (Å²) in [6.07, 6.45) is 10.1. The van der Waals surface area contributed by atoms with Crippen LogP contribution in [0.15, 0.2) is 48.5 Å². The van der Waals surface area contributed by atoms with Crippen LogP contribution >= 0.6 is 0 Å². The number of halogens is 2. The number of ether oxygens (including phenoxy) is 2. The summed E-state index contributed by atoms with van der Waals surface area (Å²) >= 11 is 0. The summed E-state index contributed by atoms with van der Waals surface area (Å²) in [6.45, 7) is 3.79. The van der Waals surface area contributed by atoms with E-state index in [4.69, 9.17) is 14.7 Å². The Morgan fingerprint density at radius 1 is 0.838 bits per heavy atom. The molecular weight excluding hydrogens is 468 g/mol. The van der Waals surface area contributed by atoms with E-state index in [9.17, 15) is 4.39 Å². The molecule has 37 heavy (non-hydrogen) atoms. The van der Waals surface area contributed by atoms with E-state index in [0.29, 0.717) is 29.7 Å². The molecule has 5 heteroatoms. The predicted molar refractivity (Wildman–Crippen MR) is 143 cm³/mol. The van der Waals surface area contributed by atoms with E-state index in [2.05, 4.69) is 6.92 Å². The second-order valence-corrected chi connectivity index (χ2v) is 10.2. The van der Waals surface area contributed by atoms with Gasteiger partial charge in [0.1, 0.15) is 17.7 Å². The van der Waals surface area contributed by atoms with E-state index in [-0.39, 0.29) is 17.7 Å². The highest BCUT2D eigenvalue weighted by Crippen LogP contribution is 2.26. The number of nitrogens with zero attached hydrogens (tertiary/aromatic N) is 1. The largest absolute Gasteiger partial charge is 0.352 e. The molecule has 0 radical (unpaired) electrons. The fraction of sp³-hybridized carbons (Fsp3) is 0.469. The first-order chi connectivity index (χ1) is 18.1. The van der Waals surface area contributed by atoms with Gasteiger partial charge in [-0.15, -0.1) is 0 Å². The van der Waals surface area contributed by atoms with Crippen molar-refractivity contribution in [2.45, 2.75) is 77.4 Å². The second kappa shape index (κ2) is 13.7. The number of aryl methyl sites for hydroxylation is 3. The summed E-state index contributed by atoms with van der Waals surface area (Å²) in [5.41, 5.74) is 2.51. The number of rotatable bonds is 12. The van der Waals surface area contributed by atoms with E-state index in [1.165, 1.54) is 50.7 Å². The molecule has 3 nitrogen and oxygen atoms in total. The first kappa shape index (κ1) is 27.2. The van der Waals surface area contributed by atoms with Crippen molar-refractivity contribution in [3.8, 4) is 6.07 Å². The molecule has 0 aliphatic carbocycles. The molecule has 1 heterocycles. The first-order valence-corrected chi connectivity index (χ1v) is 13.7. The third-order valence-corrected chi connectivity index (χ3v) is 7.36. The minimum Gasteiger partial charge on any atom is -0.352 e. The number of hydrogen-bond acceptors (Lipinski definition) is 3. The van der Waals surface area contributed by atoms with Crippen molar-refractivity contribution < 1.29 is 18.3 Å². The molecule has 1 fully saturated rings. The van der Waals surface area contributed by atoms with Gasteiger partial charge in [-0.25, -0.2) is 8.78 Å². The van der Waals surface area contributed by atoms with Crippen molar-refractivity contribution in [2.75, 3.05) is 13.2 Å². The van der Waals surface area contributed by atoms with Crippen LogP contribution in [-0.2, 0) is 28.7 Å². The fourth-order valence-corrected chi connectivity index (χ4v) is 5.06. The summed E-state index contributed by atoms with van der Waals surface area (Å²) in [7, 11) is 0. The Morgan fingerprint density at radius 3 is 2.35 bits per heavy atom. The van der Waals surface area contributed by atoms with Gasteiger partial charge in [-0.1, -0.05) is 75.4 Å². The summed E-state index contributed by atoms with van der Waals surface area (Å²) in [6, 6.07) is 16.0. The van der Waals surface area contributed by atoms with Crippen molar-refractivity contribution in [2.24, 2.45) is 5.92 Å². The number of benzene rings is 3. The van der Waals surface area contributed by atoms with E-state index < -0.39 is 5.82 Å². The average Bonchev–Trinajstić information content (AvgIpc) is 2.92. The molecule has 0 unspecified atom stereocenters. The Morgan fingerprint density at radius 2 is 1.59 bits per heavy atom. The zero-order valence-electron chi connectivity index (χ0n) is 21.8. The lowest BCUT2D eigenvalue weighted by atomic mass is 9.97. The van der Waals surface area contributed by atoms with Crippen molar-refractivity contribution in [3.63, 3.8) is 0 Å². The van der Waals surface area contributed by atoms with Crippen LogP contribution in [0.2, 0.25) is 0 Å². The Kier molecular flexibility index (Phi) is 10.0. The van der Waals surface area contributed by atoms with Gasteiger partial charge in [0.25, 0.3) is 0 Å². The lowest BCUT2D eigenvalue weighted by molar-refractivity contribution is -0.203. The summed E-state index contributed by atoms with van der Waals surface area (Å²) in [4.78, 5) is 0. The standard InChI is InChI=1S/C32H37F2NO2/c1-2-3-4-5-6-7-25-21-36-31(37-22-25)17-11-23-10-16-29-27(18-23)15-14-26(32(29)34)12-8-24-9-13-28(20-35)30(33)19-24/h9-10,13-16,18-19,25,31H,2-8,11-12,17,21-22H2,1H3. The topological polar surface area (TPSA) is 42.2 Å². The van der Waals surface area contributed by atoms with Gasteiger partial charge in [0.05, 0.1) is 18.8 Å². The molecule has 1 saturated heterocycles. The zero-order valence-corrected chi connectivity index (χ0v) is 21.8. The molecule has 1 aliphatic heterocycles. The lowest BCUT2D eigenvalue weighted by Gasteiger charge is -2.29. The minimum atomic E-state index is -0.534. The Labute approximate surface area is 219 Å². The van der Waals surface area contributed by atoms with Gasteiger partial charge in [-0.2, -0.15) is 5.26 Å². The average molecular weight is 506 g/mol. The molecule has 0 aromatic heterocycles. The smallest absolute Gasteiger partial charge is 0.157 e. The maximum Gasteiger partial charge on any atom is 0.157 e. The molecule has 0 N–H and O–H groups in total. The van der Waals surface area contributed by atoms with Gasteiger partial charge in [0.15, 0.2) is 6.29 Å². The van der Waals surface area contributed by atoms with Crippen molar-refractivity contribution >= 4 is 10.8 Å². The van der Waals surface area contributed by atoms with E-state index in [0.717, 1.165) is 42.6 Å². The maximum absolute atomic E-state index is 15.2. The number of fused-ring (bicyclic) bond motifs is 1. The lowest BCUT2D eigenvalue weighted by Crippen LogP contribution is -2.32. The highest BCUT2D eigenvalue weighted by molar-refractivity contribution is 5.84. The van der Waals surface area contributed by atoms with Crippen LogP contribution in [0.25, 0.3) is 10.8 Å². The molecule has 0 spiro atoms. The molecule has 3 aromatic rings. The molecule has 0 atom stereocenters. The predicted octanol–water partition coefficient (Wildman–Crippen LogP) is 8.06. The molecule has 3 aromatic carbocycles.